The molecule has 2 aromatic heterocycles. The minimum absolute atomic E-state index is 0.545. The molecule has 0 aliphatic carbocycles. The van der Waals surface area contributed by atoms with Crippen molar-refractivity contribution in [2.24, 2.45) is 0 Å². The van der Waals surface area contributed by atoms with E-state index in [4.69, 9.17) is 9.83 Å². The molecule has 50 valence electrons. The molecule has 0 aliphatic rings. The van der Waals surface area contributed by atoms with Gasteiger partial charge >= 0.3 is 0 Å². The highest BCUT2D eigenvalue weighted by Gasteiger charge is 2.03. The van der Waals surface area contributed by atoms with Crippen LogP contribution >= 0.6 is 0 Å². The first-order valence-corrected chi connectivity index (χ1v) is 2.83. The lowest BCUT2D eigenvalue weighted by Crippen LogP contribution is -1.69. The van der Waals surface area contributed by atoms with Gasteiger partial charge in [-0.05, 0) is 0 Å². The minimum atomic E-state index is 0.545. The lowest BCUT2D eigenvalue weighted by atomic mass is 10.3. The van der Waals surface area contributed by atoms with Crippen molar-refractivity contribution in [2.75, 3.05) is 0 Å². The molecule has 0 saturated carbocycles. The molecule has 2 heterocycles. The third-order valence-electron chi connectivity index (χ3n) is 1.37. The summed E-state index contributed by atoms with van der Waals surface area (Å²) in [5.41, 5.74) is 0.832. The van der Waals surface area contributed by atoms with Crippen LogP contribution in [-0.2, 0) is 0 Å². The van der Waals surface area contributed by atoms with Crippen molar-refractivity contribution in [1.82, 2.24) is 10.2 Å². The van der Waals surface area contributed by atoms with E-state index in [9.17, 15) is 0 Å². The molecule has 4 nitrogen and oxygen atoms in total. The van der Waals surface area contributed by atoms with Gasteiger partial charge in [-0.3, -0.25) is 5.10 Å². The van der Waals surface area contributed by atoms with Crippen LogP contribution < -0.4 is 0 Å². The summed E-state index contributed by atoms with van der Waals surface area (Å²) < 4.78 is 4.99. The fraction of sp³-hybridized carbons (Fsp3) is 0. The van der Waals surface area contributed by atoms with Gasteiger partial charge in [-0.1, -0.05) is 0 Å². The van der Waals surface area contributed by atoms with E-state index < -0.39 is 0 Å². The van der Waals surface area contributed by atoms with Crippen molar-refractivity contribution in [3.05, 3.63) is 18.2 Å². The molecule has 0 amide bonds. The van der Waals surface area contributed by atoms with Crippen molar-refractivity contribution >= 4 is 17.1 Å². The zero-order valence-electron chi connectivity index (χ0n) is 5.09. The van der Waals surface area contributed by atoms with Gasteiger partial charge in [-0.25, -0.2) is 0 Å². The summed E-state index contributed by atoms with van der Waals surface area (Å²) in [4.78, 5) is 0. The molecule has 0 aliphatic heterocycles. The van der Waals surface area contributed by atoms with Crippen LogP contribution in [0.2, 0.25) is 0 Å². The van der Waals surface area contributed by atoms with Gasteiger partial charge in [0, 0.05) is 0 Å². The number of nitrogens with zero attached hydrogens (tertiary/aromatic N) is 1. The second-order valence-electron chi connectivity index (χ2n) is 1.94. The maximum atomic E-state index is 6.92. The van der Waals surface area contributed by atoms with Gasteiger partial charge in [0.15, 0.2) is 5.76 Å². The Kier molecular flexibility index (Phi) is 0.887. The van der Waals surface area contributed by atoms with E-state index in [1.54, 1.807) is 12.5 Å². The number of hydrogen-bond acceptors (Lipinski definition) is 3. The van der Waals surface area contributed by atoms with Crippen LogP contribution in [-0.4, -0.2) is 16.4 Å². The standard InChI is InChI=1S/C6H5N3O/c7-1-6-4-2-8-9-5(4)3-10-6/h1-3,7,9H. The monoisotopic (exact) mass is 135 g/mol. The van der Waals surface area contributed by atoms with Crippen LogP contribution in [0.5, 0.6) is 0 Å². The second-order valence-corrected chi connectivity index (χ2v) is 1.94. The first-order valence-electron chi connectivity index (χ1n) is 2.83. The molecule has 0 atom stereocenters. The summed E-state index contributed by atoms with van der Waals surface area (Å²) in [5.74, 6) is 0.545. The summed E-state index contributed by atoms with van der Waals surface area (Å²) in [6, 6.07) is 0. The normalized spacial score (nSPS) is 10.4. The highest BCUT2D eigenvalue weighted by atomic mass is 16.3. The number of nitrogens with one attached hydrogen (secondary N) is 2. The zero-order valence-corrected chi connectivity index (χ0v) is 5.09. The highest BCUT2D eigenvalue weighted by molar-refractivity contribution is 5.94. The van der Waals surface area contributed by atoms with Crippen LogP contribution in [0.25, 0.3) is 10.9 Å². The third kappa shape index (κ3) is 0.500. The molecule has 2 aromatic rings. The van der Waals surface area contributed by atoms with Crippen molar-refractivity contribution in [1.29, 1.82) is 5.41 Å². The summed E-state index contributed by atoms with van der Waals surface area (Å²) in [6.45, 7) is 0. The molecule has 2 N–H and O–H groups in total. The molecule has 0 unspecified atom stereocenters. The highest BCUT2D eigenvalue weighted by Crippen LogP contribution is 2.15. The van der Waals surface area contributed by atoms with Crippen LogP contribution in [0.4, 0.5) is 0 Å². The van der Waals surface area contributed by atoms with E-state index >= 15 is 0 Å². The molecule has 4 heteroatoms. The summed E-state index contributed by atoms with van der Waals surface area (Å²) >= 11 is 0. The molecule has 0 fully saturated rings. The van der Waals surface area contributed by atoms with E-state index in [0.29, 0.717) is 5.76 Å². The first kappa shape index (κ1) is 5.22. The van der Waals surface area contributed by atoms with Gasteiger partial charge in [-0.15, -0.1) is 0 Å². The molecule has 0 aromatic carbocycles. The van der Waals surface area contributed by atoms with Gasteiger partial charge in [0.1, 0.15) is 11.8 Å². The lowest BCUT2D eigenvalue weighted by Gasteiger charge is -1.76. The van der Waals surface area contributed by atoms with Crippen molar-refractivity contribution in [3.8, 4) is 0 Å². The summed E-state index contributed by atoms with van der Waals surface area (Å²) in [7, 11) is 0. The van der Waals surface area contributed by atoms with Crippen molar-refractivity contribution < 1.29 is 4.42 Å². The van der Waals surface area contributed by atoms with Crippen LogP contribution in [0.15, 0.2) is 16.9 Å². The average Bonchev–Trinajstić information content (AvgIpc) is 2.44. The second kappa shape index (κ2) is 1.70. The van der Waals surface area contributed by atoms with Gasteiger partial charge in [-0.2, -0.15) is 5.10 Å². The van der Waals surface area contributed by atoms with Gasteiger partial charge < -0.3 is 9.83 Å². The number of aromatic amines is 1. The predicted octanol–water partition coefficient (Wildman–Crippen LogP) is 1.15. The van der Waals surface area contributed by atoms with Crippen LogP contribution in [0.3, 0.4) is 0 Å². The van der Waals surface area contributed by atoms with Crippen LogP contribution in [0.1, 0.15) is 5.76 Å². The third-order valence-corrected chi connectivity index (χ3v) is 1.37. The summed E-state index contributed by atoms with van der Waals surface area (Å²) in [5, 5.41) is 14.3. The fourth-order valence-corrected chi connectivity index (χ4v) is 0.880. The van der Waals surface area contributed by atoms with Crippen LogP contribution in [0, 0.1) is 5.41 Å². The molecule has 0 bridgehead atoms. The molecular weight excluding hydrogens is 130 g/mol. The summed E-state index contributed by atoms with van der Waals surface area (Å²) in [6.07, 6.45) is 4.35. The van der Waals surface area contributed by atoms with Gasteiger partial charge in [0.25, 0.3) is 0 Å². The number of fused-ring (bicyclic) bond motifs is 1. The molecule has 0 radical (unpaired) electrons. The molecule has 0 saturated heterocycles. The number of hydrogen-bond donors (Lipinski definition) is 2. The van der Waals surface area contributed by atoms with Crippen molar-refractivity contribution in [3.63, 3.8) is 0 Å². The molecule has 10 heavy (non-hydrogen) atoms. The minimum Gasteiger partial charge on any atom is -0.460 e. The lowest BCUT2D eigenvalue weighted by molar-refractivity contribution is 0.563. The van der Waals surface area contributed by atoms with Gasteiger partial charge in [0.2, 0.25) is 0 Å². The maximum absolute atomic E-state index is 6.92. The Bertz CT molecular complexity index is 360. The molecule has 2 rings (SSSR count). The Morgan fingerprint density at radius 1 is 1.70 bits per heavy atom. The number of aromatic nitrogens is 2. The van der Waals surface area contributed by atoms with E-state index in [1.807, 2.05) is 0 Å². The Balaban J connectivity index is 2.88. The van der Waals surface area contributed by atoms with Crippen molar-refractivity contribution in [2.45, 2.75) is 0 Å². The quantitative estimate of drug-likeness (QED) is 0.576. The largest absolute Gasteiger partial charge is 0.460 e. The molecule has 0 spiro atoms. The van der Waals surface area contributed by atoms with E-state index in [0.717, 1.165) is 17.1 Å². The zero-order chi connectivity index (χ0) is 6.97. The van der Waals surface area contributed by atoms with E-state index in [2.05, 4.69) is 10.2 Å². The Hall–Kier alpha value is -1.58. The Morgan fingerprint density at radius 3 is 3.40 bits per heavy atom. The fourth-order valence-electron chi connectivity index (χ4n) is 0.880. The van der Waals surface area contributed by atoms with E-state index in [-0.39, 0.29) is 0 Å². The average molecular weight is 135 g/mol. The topological polar surface area (TPSA) is 65.7 Å². The smallest absolute Gasteiger partial charge is 0.155 e. The Labute approximate surface area is 56.4 Å². The van der Waals surface area contributed by atoms with Gasteiger partial charge in [0.05, 0.1) is 17.8 Å². The first-order chi connectivity index (χ1) is 4.92. The predicted molar refractivity (Wildman–Crippen MR) is 36.2 cm³/mol. The van der Waals surface area contributed by atoms with E-state index in [1.165, 1.54) is 0 Å². The SMILES string of the molecule is N=Cc1occ2[nH]ncc12. The Morgan fingerprint density at radius 2 is 2.60 bits per heavy atom. The number of rotatable bonds is 1. The number of furan rings is 1. The molecular formula is C6H5N3O. The maximum Gasteiger partial charge on any atom is 0.155 e. The number of H-pyrrole nitrogens is 1.